The van der Waals surface area contributed by atoms with E-state index in [2.05, 4.69) is 0 Å². The standard InChI is InChI=1S/C12H19NO2/c1-7(2)6-13-10(14)8-5-9(11(13)15)12(8,3)4/h7-9H,5-6H2,1-4H3. The van der Waals surface area contributed by atoms with E-state index in [1.165, 1.54) is 4.90 Å². The number of carbonyl (C=O) groups excluding carboxylic acids is 2. The van der Waals surface area contributed by atoms with Crippen LogP contribution in [0.2, 0.25) is 0 Å². The third-order valence-electron chi connectivity index (χ3n) is 3.94. The Labute approximate surface area is 90.8 Å². The predicted molar refractivity (Wildman–Crippen MR) is 56.9 cm³/mol. The molecule has 84 valence electrons. The molecule has 2 heterocycles. The first-order valence-corrected chi connectivity index (χ1v) is 5.71. The van der Waals surface area contributed by atoms with Crippen molar-refractivity contribution in [2.75, 3.05) is 6.54 Å². The molecule has 3 fully saturated rings. The minimum absolute atomic E-state index is 0.0567. The Hall–Kier alpha value is -0.860. The Bertz CT molecular complexity index is 296. The van der Waals surface area contributed by atoms with E-state index in [-0.39, 0.29) is 29.1 Å². The summed E-state index contributed by atoms with van der Waals surface area (Å²) in [7, 11) is 0. The first-order chi connectivity index (χ1) is 6.85. The first-order valence-electron chi connectivity index (χ1n) is 5.71. The van der Waals surface area contributed by atoms with Crippen molar-refractivity contribution in [1.29, 1.82) is 0 Å². The third kappa shape index (κ3) is 1.32. The maximum atomic E-state index is 12.0. The van der Waals surface area contributed by atoms with Crippen LogP contribution in [0.25, 0.3) is 0 Å². The number of hydrogen-bond acceptors (Lipinski definition) is 2. The van der Waals surface area contributed by atoms with Crippen LogP contribution in [-0.2, 0) is 9.59 Å². The molecule has 15 heavy (non-hydrogen) atoms. The second-order valence-electron chi connectivity index (χ2n) is 5.84. The number of rotatable bonds is 2. The molecule has 0 N–H and O–H groups in total. The molecule has 0 radical (unpaired) electrons. The summed E-state index contributed by atoms with van der Waals surface area (Å²) in [5.41, 5.74) is -0.0956. The van der Waals surface area contributed by atoms with E-state index >= 15 is 0 Å². The number of amides is 2. The van der Waals surface area contributed by atoms with Gasteiger partial charge in [-0.1, -0.05) is 27.7 Å². The fourth-order valence-corrected chi connectivity index (χ4v) is 2.79. The second-order valence-corrected chi connectivity index (χ2v) is 5.84. The number of hydrogen-bond donors (Lipinski definition) is 0. The lowest BCUT2D eigenvalue weighted by Gasteiger charge is -2.56. The van der Waals surface area contributed by atoms with Crippen LogP contribution in [0.15, 0.2) is 0 Å². The largest absolute Gasteiger partial charge is 0.282 e. The van der Waals surface area contributed by atoms with Gasteiger partial charge in [0.2, 0.25) is 11.8 Å². The molecule has 0 aromatic rings. The lowest BCUT2D eigenvalue weighted by atomic mass is 9.51. The Kier molecular flexibility index (Phi) is 2.18. The first kappa shape index (κ1) is 10.7. The van der Waals surface area contributed by atoms with Gasteiger partial charge in [0.05, 0.1) is 0 Å². The zero-order chi connectivity index (χ0) is 11.4. The Morgan fingerprint density at radius 3 is 2.07 bits per heavy atom. The number of piperidine rings is 2. The van der Waals surface area contributed by atoms with Crippen LogP contribution in [0, 0.1) is 23.2 Å². The van der Waals surface area contributed by atoms with Gasteiger partial charge in [0.15, 0.2) is 0 Å². The highest BCUT2D eigenvalue weighted by Gasteiger charge is 2.61. The lowest BCUT2D eigenvalue weighted by Crippen LogP contribution is -2.66. The average molecular weight is 209 g/mol. The van der Waals surface area contributed by atoms with Crippen LogP contribution >= 0.6 is 0 Å². The molecule has 0 aromatic heterocycles. The van der Waals surface area contributed by atoms with E-state index in [0.29, 0.717) is 12.5 Å². The zero-order valence-corrected chi connectivity index (χ0v) is 9.91. The van der Waals surface area contributed by atoms with Crippen molar-refractivity contribution in [1.82, 2.24) is 4.90 Å². The highest BCUT2D eigenvalue weighted by Crippen LogP contribution is 2.55. The molecule has 2 saturated heterocycles. The molecule has 2 amide bonds. The molecular formula is C12H19NO2. The van der Waals surface area contributed by atoms with Crippen molar-refractivity contribution in [2.24, 2.45) is 23.2 Å². The van der Waals surface area contributed by atoms with Gasteiger partial charge < -0.3 is 0 Å². The molecule has 0 aromatic carbocycles. The average Bonchev–Trinajstić information content (AvgIpc) is 2.09. The molecule has 2 aliphatic heterocycles. The van der Waals surface area contributed by atoms with E-state index < -0.39 is 0 Å². The summed E-state index contributed by atoms with van der Waals surface area (Å²) >= 11 is 0. The topological polar surface area (TPSA) is 37.4 Å². The second kappa shape index (κ2) is 3.06. The van der Waals surface area contributed by atoms with Crippen LogP contribution in [0.5, 0.6) is 0 Å². The van der Waals surface area contributed by atoms with E-state index in [4.69, 9.17) is 0 Å². The van der Waals surface area contributed by atoms with Crippen molar-refractivity contribution in [3.63, 3.8) is 0 Å². The Morgan fingerprint density at radius 2 is 1.73 bits per heavy atom. The summed E-state index contributed by atoms with van der Waals surface area (Å²) in [5, 5.41) is 0. The van der Waals surface area contributed by atoms with Crippen molar-refractivity contribution < 1.29 is 9.59 Å². The van der Waals surface area contributed by atoms with Gasteiger partial charge in [0.25, 0.3) is 0 Å². The molecular weight excluding hydrogens is 190 g/mol. The maximum absolute atomic E-state index is 12.0. The van der Waals surface area contributed by atoms with Gasteiger partial charge in [-0.2, -0.15) is 0 Å². The minimum atomic E-state index is -0.0956. The zero-order valence-electron chi connectivity index (χ0n) is 9.91. The van der Waals surface area contributed by atoms with Crippen LogP contribution < -0.4 is 0 Å². The van der Waals surface area contributed by atoms with E-state index in [9.17, 15) is 9.59 Å². The van der Waals surface area contributed by atoms with Gasteiger partial charge in [0.1, 0.15) is 0 Å². The molecule has 2 bridgehead atoms. The summed E-state index contributed by atoms with van der Waals surface area (Å²) in [6.07, 6.45) is 0.777. The van der Waals surface area contributed by atoms with E-state index in [1.807, 2.05) is 27.7 Å². The summed E-state index contributed by atoms with van der Waals surface area (Å²) in [4.78, 5) is 25.5. The van der Waals surface area contributed by atoms with Crippen LogP contribution in [0.3, 0.4) is 0 Å². The Balaban J connectivity index is 2.20. The van der Waals surface area contributed by atoms with Gasteiger partial charge in [-0.25, -0.2) is 0 Å². The van der Waals surface area contributed by atoms with E-state index in [0.717, 1.165) is 6.42 Å². The predicted octanol–water partition coefficient (Wildman–Crippen LogP) is 1.67. The number of imide groups is 1. The molecule has 3 nitrogen and oxygen atoms in total. The normalized spacial score (nSPS) is 33.3. The van der Waals surface area contributed by atoms with Gasteiger partial charge in [-0.3, -0.25) is 14.5 Å². The van der Waals surface area contributed by atoms with Crippen molar-refractivity contribution in [3.8, 4) is 0 Å². The lowest BCUT2D eigenvalue weighted by molar-refractivity contribution is -0.183. The minimum Gasteiger partial charge on any atom is -0.282 e. The third-order valence-corrected chi connectivity index (χ3v) is 3.94. The monoisotopic (exact) mass is 209 g/mol. The molecule has 2 atom stereocenters. The summed E-state index contributed by atoms with van der Waals surface area (Å²) in [5.74, 6) is 0.638. The van der Waals surface area contributed by atoms with Crippen LogP contribution in [0.4, 0.5) is 0 Å². The van der Waals surface area contributed by atoms with Crippen LogP contribution in [0.1, 0.15) is 34.1 Å². The number of carbonyl (C=O) groups is 2. The quantitative estimate of drug-likeness (QED) is 0.649. The molecule has 2 unspecified atom stereocenters. The fourth-order valence-electron chi connectivity index (χ4n) is 2.79. The number of fused-ring (bicyclic) bond motifs is 2. The van der Waals surface area contributed by atoms with E-state index in [1.54, 1.807) is 0 Å². The molecule has 3 aliphatic rings. The number of nitrogens with zero attached hydrogens (tertiary/aromatic N) is 1. The summed E-state index contributed by atoms with van der Waals surface area (Å²) < 4.78 is 0. The Morgan fingerprint density at radius 1 is 1.27 bits per heavy atom. The molecule has 0 spiro atoms. The maximum Gasteiger partial charge on any atom is 0.232 e. The summed E-state index contributed by atoms with van der Waals surface area (Å²) in [6, 6.07) is 0. The van der Waals surface area contributed by atoms with Gasteiger partial charge in [-0.15, -0.1) is 0 Å². The van der Waals surface area contributed by atoms with Crippen molar-refractivity contribution >= 4 is 11.8 Å². The molecule has 3 rings (SSSR count). The van der Waals surface area contributed by atoms with Crippen LogP contribution in [-0.4, -0.2) is 23.3 Å². The van der Waals surface area contributed by atoms with Crippen molar-refractivity contribution in [3.05, 3.63) is 0 Å². The fraction of sp³-hybridized carbons (Fsp3) is 0.833. The smallest absolute Gasteiger partial charge is 0.232 e. The van der Waals surface area contributed by atoms with Gasteiger partial charge in [-0.05, 0) is 17.8 Å². The molecule has 1 aliphatic carbocycles. The van der Waals surface area contributed by atoms with Gasteiger partial charge in [0, 0.05) is 18.4 Å². The molecule has 1 saturated carbocycles. The molecule has 3 heteroatoms. The van der Waals surface area contributed by atoms with Gasteiger partial charge >= 0.3 is 0 Å². The van der Waals surface area contributed by atoms with Crippen molar-refractivity contribution in [2.45, 2.75) is 34.1 Å². The highest BCUT2D eigenvalue weighted by molar-refractivity contribution is 6.04. The SMILES string of the molecule is CC(C)CN1C(=O)C2CC(C1=O)C2(C)C. The highest BCUT2D eigenvalue weighted by atomic mass is 16.2. The summed E-state index contributed by atoms with van der Waals surface area (Å²) in [6.45, 7) is 8.72.